The summed E-state index contributed by atoms with van der Waals surface area (Å²) < 4.78 is 0. The van der Waals surface area contributed by atoms with E-state index in [9.17, 15) is 122 Å². The minimum Gasteiger partial charge on any atom is -0.481 e. The van der Waals surface area contributed by atoms with Crippen molar-refractivity contribution >= 4 is 118 Å². The van der Waals surface area contributed by atoms with Crippen LogP contribution in [0.1, 0.15) is 111 Å². The second-order valence-electron chi connectivity index (χ2n) is 23.4. The molecule has 0 bridgehead atoms. The molecular weight excluding hydrogens is 1350 g/mol. The summed E-state index contributed by atoms with van der Waals surface area (Å²) in [5, 5.41) is 104. The monoisotopic (exact) mass is 1450 g/mol. The Balaban J connectivity index is 6.60. The predicted molar refractivity (Wildman–Crippen MR) is 349 cm³/mol. The molecule has 0 aliphatic rings. The first-order chi connectivity index (χ1) is 46.8. The van der Waals surface area contributed by atoms with Crippen LogP contribution < -0.4 is 86.7 Å². The maximum Gasteiger partial charge on any atom is 0.328 e. The lowest BCUT2D eigenvalue weighted by molar-refractivity contribution is -0.143. The number of guanidine groups is 1. The summed E-state index contributed by atoms with van der Waals surface area (Å²) in [6.07, 6.45) is -4.32. The number of aliphatic carboxylic acids is 4. The van der Waals surface area contributed by atoms with Crippen LogP contribution in [0.4, 0.5) is 0 Å². The molecule has 0 saturated carbocycles. The Morgan fingerprint density at radius 1 is 0.380 bits per heavy atom. The number of carbonyl (C=O) groups is 17. The molecule has 0 fully saturated rings. The highest BCUT2D eigenvalue weighted by molar-refractivity contribution is 7.98. The molecule has 0 aromatic heterocycles. The van der Waals surface area contributed by atoms with Crippen LogP contribution in [0.2, 0.25) is 0 Å². The zero-order valence-corrected chi connectivity index (χ0v) is 56.7. The van der Waals surface area contributed by atoms with Crippen molar-refractivity contribution in [3.63, 3.8) is 0 Å². The van der Waals surface area contributed by atoms with E-state index in [4.69, 9.17) is 22.9 Å². The van der Waals surface area contributed by atoms with E-state index in [1.165, 1.54) is 11.8 Å². The van der Waals surface area contributed by atoms with Gasteiger partial charge in [0.05, 0.1) is 33.0 Å². The second-order valence-corrected chi connectivity index (χ2v) is 24.4. The quantitative estimate of drug-likeness (QED) is 0.0153. The zero-order chi connectivity index (χ0) is 76.5. The zero-order valence-electron chi connectivity index (χ0n) is 55.9. The SMILES string of the molecule is CSCC[C@H](NC(=O)[C@H](CCC(=O)O)NC(=O)[C@@H](N)CO)C(=O)N[C@@H](CCC(=O)O)C(=O)N[C@@H](CO)C(=O)NCC(=O)N[C@@H](CC(C)C)C(=O)N[C@@H](CO)C(=O)N[C@@H](CC(C)C)C(=O)N[C@@H](CCC(=O)O)C(=O)N[C@@H](CCC(N)=O)C(=O)N[C@@H](CCCN=C(N)N)C(=O)N[C@@H](CO)C(=O)O. The molecule has 12 atom stereocenters. The topological polar surface area (TPSA) is 713 Å². The van der Waals surface area contributed by atoms with E-state index in [0.29, 0.717) is 0 Å². The van der Waals surface area contributed by atoms with Crippen LogP contribution in [-0.2, 0) is 81.5 Å². The fraction of sp³-hybridized carbons (Fsp3) is 0.684. The number of nitrogens with one attached hydrogen (secondary N) is 12. The number of hydrogen-bond donors (Lipinski definition) is 24. The largest absolute Gasteiger partial charge is 0.481 e. The number of thioether (sulfide) groups is 1. The fourth-order valence-corrected chi connectivity index (χ4v) is 9.24. The number of primary amides is 1. The highest BCUT2D eigenvalue weighted by atomic mass is 32.2. The van der Waals surface area contributed by atoms with E-state index in [0.717, 1.165) is 0 Å². The number of aliphatic hydroxyl groups is 4. The lowest BCUT2D eigenvalue weighted by Gasteiger charge is -2.28. The van der Waals surface area contributed by atoms with E-state index >= 15 is 0 Å². The molecule has 0 aliphatic carbocycles. The molecule has 0 aromatic carbocycles. The average molecular weight is 1450 g/mol. The smallest absolute Gasteiger partial charge is 0.328 e. The van der Waals surface area contributed by atoms with Crippen molar-refractivity contribution in [3.8, 4) is 0 Å². The first-order valence-corrected chi connectivity index (χ1v) is 32.7. The standard InChI is InChI=1S/C57H97N17O25S/c1-26(2)19-35(64-41(80)21-63-46(88)37(23-76)72-51(93)33(11-15-44(85)86)68-52(94)34(16-18-100-5)70-49(91)31(9-13-42(81)82)65-45(87)28(58)22-75)53(95)73-38(24-77)55(97)71-36(20-27(3)4)54(96)69-32(10-14-43(83)84)50(92)67-30(8-12-40(59)79)48(90)66-29(7-6-17-62-57(60)61)47(89)74-39(25-78)56(98)99/h26-39,75-78H,6-25,58H2,1-5H3,(H2,59,79)(H,63,88)(H,64,80)(H,65,87)(H,66,90)(H,67,92)(H,68,94)(H,69,96)(H,70,91)(H,71,97)(H,72,93)(H,73,95)(H,74,89)(H,81,82)(H,83,84)(H,85,86)(H,98,99)(H4,60,61,62)/t28-,29-,30-,31-,32-,33-,34-,35-,36-,37-,38-,39-/m0/s1. The maximum atomic E-state index is 14.1. The van der Waals surface area contributed by atoms with E-state index in [2.05, 4.69) is 63.5 Å². The summed E-state index contributed by atoms with van der Waals surface area (Å²) in [6.45, 7) is 1.19. The van der Waals surface area contributed by atoms with Crippen LogP contribution in [0.25, 0.3) is 0 Å². The third-order valence-electron chi connectivity index (χ3n) is 14.1. The normalized spacial score (nSPS) is 14.6. The van der Waals surface area contributed by atoms with Gasteiger partial charge in [-0.25, -0.2) is 4.79 Å². The lowest BCUT2D eigenvalue weighted by atomic mass is 10.0. The summed E-state index contributed by atoms with van der Waals surface area (Å²) >= 11 is 1.21. The van der Waals surface area contributed by atoms with Crippen LogP contribution in [0, 0.1) is 11.8 Å². The van der Waals surface area contributed by atoms with Crippen molar-refractivity contribution in [2.24, 2.45) is 39.8 Å². The number of amides is 13. The van der Waals surface area contributed by atoms with Gasteiger partial charge in [0, 0.05) is 32.2 Å². The van der Waals surface area contributed by atoms with Gasteiger partial charge in [0.2, 0.25) is 76.8 Å². The molecule has 0 aromatic rings. The van der Waals surface area contributed by atoms with E-state index in [-0.39, 0.29) is 50.4 Å². The molecule has 0 spiro atoms. The van der Waals surface area contributed by atoms with Gasteiger partial charge >= 0.3 is 23.9 Å². The number of carbonyl (C=O) groups excluding carboxylic acids is 13. The number of hydrogen-bond acceptors (Lipinski definition) is 24. The lowest BCUT2D eigenvalue weighted by Crippen LogP contribution is -2.61. The van der Waals surface area contributed by atoms with Gasteiger partial charge in [-0.2, -0.15) is 11.8 Å². The van der Waals surface area contributed by atoms with Gasteiger partial charge in [-0.1, -0.05) is 27.7 Å². The molecule has 42 nitrogen and oxygen atoms in total. The molecule has 0 heterocycles. The number of aliphatic imine (C=N–C) groups is 1. The van der Waals surface area contributed by atoms with Gasteiger partial charge in [-0.05, 0) is 81.6 Å². The molecule has 0 saturated heterocycles. The molecule has 566 valence electrons. The predicted octanol–water partition coefficient (Wildman–Crippen LogP) is -10.4. The van der Waals surface area contributed by atoms with Crippen LogP contribution in [-0.4, -0.2) is 272 Å². The highest BCUT2D eigenvalue weighted by Gasteiger charge is 2.37. The van der Waals surface area contributed by atoms with Crippen molar-refractivity contribution in [3.05, 3.63) is 0 Å². The summed E-state index contributed by atoms with van der Waals surface area (Å²) in [7, 11) is 0. The molecule has 0 rings (SSSR count). The molecule has 13 amide bonds. The van der Waals surface area contributed by atoms with Gasteiger partial charge in [-0.3, -0.25) is 81.7 Å². The number of rotatable bonds is 52. The maximum absolute atomic E-state index is 14.1. The van der Waals surface area contributed by atoms with Gasteiger partial charge in [-0.15, -0.1) is 0 Å². The fourth-order valence-electron chi connectivity index (χ4n) is 8.77. The third-order valence-corrected chi connectivity index (χ3v) is 14.7. The van der Waals surface area contributed by atoms with E-state index in [1.54, 1.807) is 34.0 Å². The van der Waals surface area contributed by atoms with E-state index in [1.807, 2.05) is 5.32 Å². The minimum absolute atomic E-state index is 0.00916. The molecule has 0 radical (unpaired) electrons. The van der Waals surface area contributed by atoms with Crippen LogP contribution in [0.15, 0.2) is 4.99 Å². The minimum atomic E-state index is -1.90. The average Bonchev–Trinajstić information content (AvgIpc) is 0.877. The Morgan fingerprint density at radius 2 is 0.690 bits per heavy atom. The summed E-state index contributed by atoms with van der Waals surface area (Å²) in [5.41, 5.74) is 21.6. The van der Waals surface area contributed by atoms with Crippen molar-refractivity contribution in [1.82, 2.24) is 63.8 Å². The van der Waals surface area contributed by atoms with Crippen molar-refractivity contribution in [2.45, 2.75) is 184 Å². The van der Waals surface area contributed by atoms with Crippen LogP contribution in [0.3, 0.4) is 0 Å². The number of carboxylic acids is 4. The van der Waals surface area contributed by atoms with Gasteiger partial charge in [0.25, 0.3) is 0 Å². The van der Waals surface area contributed by atoms with Crippen LogP contribution >= 0.6 is 11.8 Å². The summed E-state index contributed by atoms with van der Waals surface area (Å²) in [5.74, 6) is -21.6. The number of aliphatic hydroxyl groups excluding tert-OH is 4. The second kappa shape index (κ2) is 48.2. The van der Waals surface area contributed by atoms with Crippen LogP contribution in [0.5, 0.6) is 0 Å². The third kappa shape index (κ3) is 37.4. The Morgan fingerprint density at radius 3 is 1.03 bits per heavy atom. The molecule has 28 N–H and O–H groups in total. The molecular formula is C57H97N17O25S. The van der Waals surface area contributed by atoms with Gasteiger partial charge in [0.1, 0.15) is 72.5 Å². The first-order valence-electron chi connectivity index (χ1n) is 31.4. The molecule has 0 aliphatic heterocycles. The van der Waals surface area contributed by atoms with Crippen molar-refractivity contribution in [1.29, 1.82) is 0 Å². The summed E-state index contributed by atoms with van der Waals surface area (Å²) in [4.78, 5) is 225. The van der Waals surface area contributed by atoms with Crippen molar-refractivity contribution in [2.75, 3.05) is 51.5 Å². The summed E-state index contributed by atoms with van der Waals surface area (Å²) in [6, 6.07) is -20.4. The first kappa shape index (κ1) is 90.4. The van der Waals surface area contributed by atoms with E-state index < -0.39 is 269 Å². The van der Waals surface area contributed by atoms with Crippen molar-refractivity contribution < 1.29 is 122 Å². The number of nitrogens with two attached hydrogens (primary N) is 4. The molecule has 43 heteroatoms. The Labute approximate surface area is 577 Å². The van der Waals surface area contributed by atoms with Gasteiger partial charge in [0.15, 0.2) is 5.96 Å². The van der Waals surface area contributed by atoms with Gasteiger partial charge < -0.3 is 128 Å². The molecule has 0 unspecified atom stereocenters. The Bertz CT molecular complexity index is 2850. The highest BCUT2D eigenvalue weighted by Crippen LogP contribution is 2.13. The molecule has 100 heavy (non-hydrogen) atoms. The Hall–Kier alpha value is -9.59. The Kier molecular flexibility index (Phi) is 43.6. The number of nitrogens with zero attached hydrogens (tertiary/aromatic N) is 1. The number of carboxylic acid groups (broad SMARTS) is 4.